The zero-order valence-electron chi connectivity index (χ0n) is 9.29. The fourth-order valence-electron chi connectivity index (χ4n) is 1.42. The molecular formula is C13H10BrClFNO. The average Bonchev–Trinajstić information content (AvgIpc) is 2.32. The van der Waals surface area contributed by atoms with Crippen LogP contribution < -0.4 is 10.5 Å². The van der Waals surface area contributed by atoms with Crippen LogP contribution in [-0.4, -0.2) is 0 Å². The van der Waals surface area contributed by atoms with Crippen molar-refractivity contribution in [3.63, 3.8) is 0 Å². The number of ether oxygens (including phenoxy) is 1. The van der Waals surface area contributed by atoms with E-state index < -0.39 is 0 Å². The van der Waals surface area contributed by atoms with Crippen molar-refractivity contribution in [1.82, 2.24) is 0 Å². The highest BCUT2D eigenvalue weighted by atomic mass is 79.9. The number of nitrogen functional groups attached to an aromatic ring is 1. The standard InChI is InChI=1S/C13H10BrClFNO/c14-10-5-8(1-3-12(10)16)7-18-13-4-2-9(17)6-11(13)15/h1-6H,7,17H2. The number of hydrogen-bond acceptors (Lipinski definition) is 2. The first kappa shape index (κ1) is 13.2. The molecule has 2 rings (SSSR count). The lowest BCUT2D eigenvalue weighted by molar-refractivity contribution is 0.306. The Kier molecular flexibility index (Phi) is 4.09. The normalized spacial score (nSPS) is 10.4. The fraction of sp³-hybridized carbons (Fsp3) is 0.0769. The van der Waals surface area contributed by atoms with E-state index in [4.69, 9.17) is 22.1 Å². The molecule has 2 nitrogen and oxygen atoms in total. The van der Waals surface area contributed by atoms with Crippen LogP contribution >= 0.6 is 27.5 Å². The van der Waals surface area contributed by atoms with Crippen LogP contribution in [0.3, 0.4) is 0 Å². The van der Waals surface area contributed by atoms with Gasteiger partial charge in [0.2, 0.25) is 0 Å². The largest absolute Gasteiger partial charge is 0.487 e. The molecule has 0 spiro atoms. The molecule has 0 amide bonds. The number of anilines is 1. The van der Waals surface area contributed by atoms with Gasteiger partial charge in [0.25, 0.3) is 0 Å². The Morgan fingerprint density at radius 1 is 1.22 bits per heavy atom. The van der Waals surface area contributed by atoms with Crippen LogP contribution in [0.25, 0.3) is 0 Å². The Bertz CT molecular complexity index is 577. The van der Waals surface area contributed by atoms with Gasteiger partial charge in [-0.2, -0.15) is 0 Å². The van der Waals surface area contributed by atoms with Crippen LogP contribution in [0, 0.1) is 5.82 Å². The van der Waals surface area contributed by atoms with Gasteiger partial charge in [-0.05, 0) is 51.8 Å². The lowest BCUT2D eigenvalue weighted by Gasteiger charge is -2.09. The van der Waals surface area contributed by atoms with E-state index in [0.29, 0.717) is 27.5 Å². The van der Waals surface area contributed by atoms with E-state index in [2.05, 4.69) is 15.9 Å². The first-order chi connectivity index (χ1) is 8.56. The second-order valence-corrected chi connectivity index (χ2v) is 4.99. The highest BCUT2D eigenvalue weighted by Gasteiger charge is 2.04. The minimum absolute atomic E-state index is 0.302. The molecule has 5 heteroatoms. The third kappa shape index (κ3) is 3.15. The second kappa shape index (κ2) is 5.59. The molecule has 0 unspecified atom stereocenters. The first-order valence-corrected chi connectivity index (χ1v) is 6.35. The van der Waals surface area contributed by atoms with Crippen molar-refractivity contribution in [2.75, 3.05) is 5.73 Å². The monoisotopic (exact) mass is 329 g/mol. The van der Waals surface area contributed by atoms with E-state index in [9.17, 15) is 4.39 Å². The number of nitrogens with two attached hydrogens (primary N) is 1. The summed E-state index contributed by atoms with van der Waals surface area (Å²) >= 11 is 9.10. The number of hydrogen-bond donors (Lipinski definition) is 1. The van der Waals surface area contributed by atoms with Crippen LogP contribution in [0.5, 0.6) is 5.75 Å². The third-order valence-electron chi connectivity index (χ3n) is 2.33. The molecule has 0 aliphatic heterocycles. The summed E-state index contributed by atoms with van der Waals surface area (Å²) in [6.07, 6.45) is 0. The summed E-state index contributed by atoms with van der Waals surface area (Å²) in [5.74, 6) is 0.246. The summed E-state index contributed by atoms with van der Waals surface area (Å²) < 4.78 is 19.0. The van der Waals surface area contributed by atoms with E-state index in [-0.39, 0.29) is 5.82 Å². The van der Waals surface area contributed by atoms with Crippen molar-refractivity contribution in [3.05, 3.63) is 57.3 Å². The van der Waals surface area contributed by atoms with Crippen LogP contribution in [0.15, 0.2) is 40.9 Å². The van der Waals surface area contributed by atoms with Crippen LogP contribution in [0.4, 0.5) is 10.1 Å². The van der Waals surface area contributed by atoms with Crippen molar-refractivity contribution in [1.29, 1.82) is 0 Å². The zero-order valence-corrected chi connectivity index (χ0v) is 11.6. The van der Waals surface area contributed by atoms with E-state index in [1.807, 2.05) is 0 Å². The smallest absolute Gasteiger partial charge is 0.138 e. The SMILES string of the molecule is Nc1ccc(OCc2ccc(F)c(Br)c2)c(Cl)c1. The van der Waals surface area contributed by atoms with Crippen LogP contribution in [0.1, 0.15) is 5.56 Å². The summed E-state index contributed by atoms with van der Waals surface area (Å²) in [6, 6.07) is 9.74. The molecule has 2 N–H and O–H groups in total. The van der Waals surface area contributed by atoms with Crippen molar-refractivity contribution in [2.45, 2.75) is 6.61 Å². The molecule has 0 aromatic heterocycles. The molecule has 0 radical (unpaired) electrons. The topological polar surface area (TPSA) is 35.2 Å². The summed E-state index contributed by atoms with van der Waals surface area (Å²) in [5, 5.41) is 0.455. The number of rotatable bonds is 3. The Morgan fingerprint density at radius 2 is 2.00 bits per heavy atom. The molecule has 0 aliphatic rings. The maximum absolute atomic E-state index is 13.0. The molecule has 2 aromatic carbocycles. The van der Waals surface area contributed by atoms with Crippen molar-refractivity contribution in [2.24, 2.45) is 0 Å². The molecular weight excluding hydrogens is 321 g/mol. The third-order valence-corrected chi connectivity index (χ3v) is 3.24. The van der Waals surface area contributed by atoms with E-state index in [0.717, 1.165) is 5.56 Å². The summed E-state index contributed by atoms with van der Waals surface area (Å²) in [4.78, 5) is 0. The molecule has 0 fully saturated rings. The summed E-state index contributed by atoms with van der Waals surface area (Å²) in [6.45, 7) is 0.308. The maximum atomic E-state index is 13.0. The van der Waals surface area contributed by atoms with Gasteiger partial charge in [0.15, 0.2) is 0 Å². The van der Waals surface area contributed by atoms with E-state index in [1.54, 1.807) is 30.3 Å². The maximum Gasteiger partial charge on any atom is 0.138 e. The van der Waals surface area contributed by atoms with Crippen molar-refractivity contribution < 1.29 is 9.13 Å². The van der Waals surface area contributed by atoms with Gasteiger partial charge in [-0.25, -0.2) is 4.39 Å². The Balaban J connectivity index is 2.09. The average molecular weight is 331 g/mol. The molecule has 0 aliphatic carbocycles. The quantitative estimate of drug-likeness (QED) is 0.846. The molecule has 0 bridgehead atoms. The van der Waals surface area contributed by atoms with Crippen molar-refractivity contribution >= 4 is 33.2 Å². The zero-order chi connectivity index (χ0) is 13.1. The molecule has 94 valence electrons. The lowest BCUT2D eigenvalue weighted by atomic mass is 10.2. The molecule has 0 saturated heterocycles. The second-order valence-electron chi connectivity index (χ2n) is 3.73. The highest BCUT2D eigenvalue weighted by molar-refractivity contribution is 9.10. The molecule has 0 heterocycles. The Labute approximate surface area is 118 Å². The van der Waals surface area contributed by atoms with Gasteiger partial charge < -0.3 is 10.5 Å². The van der Waals surface area contributed by atoms with Crippen LogP contribution in [-0.2, 0) is 6.61 Å². The van der Waals surface area contributed by atoms with Crippen molar-refractivity contribution in [3.8, 4) is 5.75 Å². The Morgan fingerprint density at radius 3 is 2.67 bits per heavy atom. The minimum atomic E-state index is -0.302. The van der Waals surface area contributed by atoms with Gasteiger partial charge in [-0.1, -0.05) is 17.7 Å². The van der Waals surface area contributed by atoms with Crippen LogP contribution in [0.2, 0.25) is 5.02 Å². The van der Waals surface area contributed by atoms with Gasteiger partial charge in [0.05, 0.1) is 9.50 Å². The molecule has 0 saturated carbocycles. The van der Waals surface area contributed by atoms with E-state index >= 15 is 0 Å². The minimum Gasteiger partial charge on any atom is -0.487 e. The number of halogens is 3. The van der Waals surface area contributed by atoms with Gasteiger partial charge in [-0.15, -0.1) is 0 Å². The predicted octanol–water partition coefficient (Wildman–Crippen LogP) is 4.40. The van der Waals surface area contributed by atoms with Gasteiger partial charge in [0.1, 0.15) is 18.2 Å². The Hall–Kier alpha value is -1.26. The summed E-state index contributed by atoms with van der Waals surface area (Å²) in [5.41, 5.74) is 7.01. The van der Waals surface area contributed by atoms with Gasteiger partial charge >= 0.3 is 0 Å². The summed E-state index contributed by atoms with van der Waals surface area (Å²) in [7, 11) is 0. The number of benzene rings is 2. The van der Waals surface area contributed by atoms with Gasteiger partial charge in [0, 0.05) is 5.69 Å². The van der Waals surface area contributed by atoms with Gasteiger partial charge in [-0.3, -0.25) is 0 Å². The molecule has 0 atom stereocenters. The lowest BCUT2D eigenvalue weighted by Crippen LogP contribution is -1.97. The molecule has 18 heavy (non-hydrogen) atoms. The fourth-order valence-corrected chi connectivity index (χ4v) is 2.09. The first-order valence-electron chi connectivity index (χ1n) is 5.18. The predicted molar refractivity (Wildman–Crippen MR) is 74.3 cm³/mol. The highest BCUT2D eigenvalue weighted by Crippen LogP contribution is 2.27. The van der Waals surface area contributed by atoms with E-state index in [1.165, 1.54) is 6.07 Å². The molecule has 2 aromatic rings.